The second-order valence-electron chi connectivity index (χ2n) is 8.37. The largest absolute Gasteiger partial charge is 0.387 e. The van der Waals surface area contributed by atoms with Gasteiger partial charge in [0.2, 0.25) is 0 Å². The Balaban J connectivity index is 1.37. The van der Waals surface area contributed by atoms with E-state index in [9.17, 15) is 9.50 Å². The molecule has 146 valence electrons. The molecule has 3 aromatic rings. The van der Waals surface area contributed by atoms with Crippen LogP contribution in [0.5, 0.6) is 0 Å². The van der Waals surface area contributed by atoms with Crippen LogP contribution in [0.3, 0.4) is 0 Å². The Morgan fingerprint density at radius 2 is 1.79 bits per heavy atom. The summed E-state index contributed by atoms with van der Waals surface area (Å²) in [5, 5.41) is 11.5. The normalized spacial score (nSPS) is 23.8. The number of hydrogen-bond acceptors (Lipinski definition) is 2. The van der Waals surface area contributed by atoms with Crippen molar-refractivity contribution in [3.8, 4) is 0 Å². The van der Waals surface area contributed by atoms with Crippen LogP contribution < -0.4 is 0 Å². The lowest BCUT2D eigenvalue weighted by Crippen LogP contribution is -2.22. The Morgan fingerprint density at radius 3 is 2.50 bits per heavy atom. The van der Waals surface area contributed by atoms with E-state index in [0.29, 0.717) is 11.8 Å². The molecule has 5 rings (SSSR count). The molecule has 1 atom stereocenters. The number of aliphatic hydroxyl groups is 1. The van der Waals surface area contributed by atoms with Gasteiger partial charge in [-0.1, -0.05) is 23.7 Å². The number of pyridine rings is 1. The Kier molecular flexibility index (Phi) is 4.64. The summed E-state index contributed by atoms with van der Waals surface area (Å²) in [6, 6.07) is 9.35. The molecule has 0 unspecified atom stereocenters. The number of benzene rings is 1. The van der Waals surface area contributed by atoms with Crippen molar-refractivity contribution in [1.82, 2.24) is 9.38 Å². The SMILES string of the molecule is O[C@H](c1c(C2CC2)ccc2cncn12)C1CCC(c2ccc(F)c(Cl)c2)CC1. The van der Waals surface area contributed by atoms with Gasteiger partial charge >= 0.3 is 0 Å². The highest BCUT2D eigenvalue weighted by atomic mass is 35.5. The summed E-state index contributed by atoms with van der Waals surface area (Å²) < 4.78 is 15.5. The standard InChI is InChI=1S/C23H24ClFN2O/c24-20-11-17(7-10-21(20)25)14-1-5-16(6-2-14)23(28)22-19(15-3-4-15)9-8-18-12-26-13-27(18)22/h7-16,23,28H,1-6H2/t14?,16?,23-/m0/s1. The first kappa shape index (κ1) is 18.1. The maximum absolute atomic E-state index is 13.5. The molecular formula is C23H24ClFN2O. The van der Waals surface area contributed by atoms with E-state index in [2.05, 4.69) is 21.5 Å². The summed E-state index contributed by atoms with van der Waals surface area (Å²) in [5.74, 6) is 0.830. The van der Waals surface area contributed by atoms with E-state index in [0.717, 1.165) is 42.5 Å². The van der Waals surface area contributed by atoms with Gasteiger partial charge in [0.1, 0.15) is 5.82 Å². The Hall–Kier alpha value is -1.91. The zero-order chi connectivity index (χ0) is 19.3. The molecule has 28 heavy (non-hydrogen) atoms. The van der Waals surface area contributed by atoms with Gasteiger partial charge in [-0.15, -0.1) is 0 Å². The predicted molar refractivity (Wildman–Crippen MR) is 108 cm³/mol. The minimum atomic E-state index is -0.480. The average Bonchev–Trinajstić information content (AvgIpc) is 3.45. The van der Waals surface area contributed by atoms with Crippen molar-refractivity contribution in [1.29, 1.82) is 0 Å². The van der Waals surface area contributed by atoms with Crippen LogP contribution in [0.15, 0.2) is 42.9 Å². The first-order valence-corrected chi connectivity index (χ1v) is 10.6. The van der Waals surface area contributed by atoms with Crippen molar-refractivity contribution in [2.75, 3.05) is 0 Å². The molecule has 0 spiro atoms. The van der Waals surface area contributed by atoms with Crippen LogP contribution in [0.2, 0.25) is 5.02 Å². The second-order valence-corrected chi connectivity index (χ2v) is 8.77. The van der Waals surface area contributed by atoms with Crippen molar-refractivity contribution in [2.24, 2.45) is 5.92 Å². The summed E-state index contributed by atoms with van der Waals surface area (Å²) in [4.78, 5) is 4.29. The predicted octanol–water partition coefficient (Wildman–Crippen LogP) is 6.01. The smallest absolute Gasteiger partial charge is 0.141 e. The zero-order valence-corrected chi connectivity index (χ0v) is 16.4. The van der Waals surface area contributed by atoms with E-state index in [-0.39, 0.29) is 16.8 Å². The van der Waals surface area contributed by atoms with E-state index in [1.54, 1.807) is 6.07 Å². The molecule has 1 aromatic carbocycles. The van der Waals surface area contributed by atoms with Crippen LogP contribution in [0, 0.1) is 11.7 Å². The molecule has 3 nitrogen and oxygen atoms in total. The van der Waals surface area contributed by atoms with E-state index in [1.165, 1.54) is 24.5 Å². The highest BCUT2D eigenvalue weighted by molar-refractivity contribution is 6.30. The number of aromatic nitrogens is 2. The van der Waals surface area contributed by atoms with Crippen LogP contribution >= 0.6 is 11.6 Å². The Bertz CT molecular complexity index is 1010. The Morgan fingerprint density at radius 1 is 1.04 bits per heavy atom. The molecule has 0 amide bonds. The first-order chi connectivity index (χ1) is 13.6. The van der Waals surface area contributed by atoms with E-state index in [1.807, 2.05) is 18.6 Å². The molecular weight excluding hydrogens is 375 g/mol. The summed E-state index contributed by atoms with van der Waals surface area (Å²) in [5.41, 5.74) is 4.46. The molecule has 2 saturated carbocycles. The minimum Gasteiger partial charge on any atom is -0.387 e. The summed E-state index contributed by atoms with van der Waals surface area (Å²) in [7, 11) is 0. The maximum Gasteiger partial charge on any atom is 0.141 e. The van der Waals surface area contributed by atoms with Gasteiger partial charge in [-0.3, -0.25) is 0 Å². The fourth-order valence-electron chi connectivity index (χ4n) is 4.84. The summed E-state index contributed by atoms with van der Waals surface area (Å²) in [6.07, 6.45) is 9.49. The van der Waals surface area contributed by atoms with Crippen LogP contribution in [0.4, 0.5) is 4.39 Å². The molecule has 0 aliphatic heterocycles. The lowest BCUT2D eigenvalue weighted by Gasteiger charge is -2.33. The highest BCUT2D eigenvalue weighted by Crippen LogP contribution is 2.47. The van der Waals surface area contributed by atoms with Gasteiger partial charge in [-0.2, -0.15) is 0 Å². The van der Waals surface area contributed by atoms with Crippen molar-refractivity contribution < 1.29 is 9.50 Å². The third-order valence-corrected chi connectivity index (χ3v) is 6.88. The summed E-state index contributed by atoms with van der Waals surface area (Å²) in [6.45, 7) is 0. The van der Waals surface area contributed by atoms with Gasteiger partial charge in [0, 0.05) is 0 Å². The number of nitrogens with zero attached hydrogens (tertiary/aromatic N) is 2. The monoisotopic (exact) mass is 398 g/mol. The van der Waals surface area contributed by atoms with Crippen LogP contribution in [-0.4, -0.2) is 14.5 Å². The summed E-state index contributed by atoms with van der Waals surface area (Å²) >= 11 is 5.97. The number of halogens is 2. The molecule has 1 N–H and O–H groups in total. The Labute approximate surface area is 169 Å². The lowest BCUT2D eigenvalue weighted by molar-refractivity contribution is 0.0754. The number of rotatable bonds is 4. The van der Waals surface area contributed by atoms with Crippen LogP contribution in [0.1, 0.15) is 73.3 Å². The number of aliphatic hydroxyl groups excluding tert-OH is 1. The van der Waals surface area contributed by atoms with Gasteiger partial charge in [0.05, 0.1) is 34.9 Å². The molecule has 2 aliphatic rings. The number of hydrogen-bond donors (Lipinski definition) is 1. The highest BCUT2D eigenvalue weighted by Gasteiger charge is 2.34. The van der Waals surface area contributed by atoms with Crippen LogP contribution in [-0.2, 0) is 0 Å². The number of imidazole rings is 1. The second kappa shape index (κ2) is 7.16. The quantitative estimate of drug-likeness (QED) is 0.584. The molecule has 2 heterocycles. The van der Waals surface area contributed by atoms with Gasteiger partial charge in [0.15, 0.2) is 0 Å². The maximum atomic E-state index is 13.5. The molecule has 5 heteroatoms. The minimum absolute atomic E-state index is 0.195. The van der Waals surface area contributed by atoms with Crippen molar-refractivity contribution in [3.05, 3.63) is 70.5 Å². The van der Waals surface area contributed by atoms with E-state index >= 15 is 0 Å². The van der Waals surface area contributed by atoms with Gasteiger partial charge < -0.3 is 9.51 Å². The molecule has 2 aliphatic carbocycles. The number of fused-ring (bicyclic) bond motifs is 1. The fraction of sp³-hybridized carbons (Fsp3) is 0.435. The van der Waals surface area contributed by atoms with E-state index in [4.69, 9.17) is 11.6 Å². The molecule has 2 aromatic heterocycles. The van der Waals surface area contributed by atoms with Crippen molar-refractivity contribution >= 4 is 17.1 Å². The van der Waals surface area contributed by atoms with Crippen molar-refractivity contribution in [2.45, 2.75) is 56.5 Å². The van der Waals surface area contributed by atoms with Gasteiger partial charge in [0.25, 0.3) is 0 Å². The third kappa shape index (κ3) is 3.23. The topological polar surface area (TPSA) is 37.5 Å². The fourth-order valence-corrected chi connectivity index (χ4v) is 5.03. The van der Waals surface area contributed by atoms with Crippen molar-refractivity contribution in [3.63, 3.8) is 0 Å². The van der Waals surface area contributed by atoms with E-state index < -0.39 is 6.10 Å². The van der Waals surface area contributed by atoms with Gasteiger partial charge in [-0.05, 0) is 85.6 Å². The molecule has 0 bridgehead atoms. The lowest BCUT2D eigenvalue weighted by atomic mass is 9.75. The zero-order valence-electron chi connectivity index (χ0n) is 15.7. The van der Waals surface area contributed by atoms with Crippen LogP contribution in [0.25, 0.3) is 5.52 Å². The molecule has 0 radical (unpaired) electrons. The average molecular weight is 399 g/mol. The molecule has 0 saturated heterocycles. The third-order valence-electron chi connectivity index (χ3n) is 6.59. The first-order valence-electron chi connectivity index (χ1n) is 10.2. The van der Waals surface area contributed by atoms with Gasteiger partial charge in [-0.25, -0.2) is 9.37 Å². The molecule has 2 fully saturated rings.